The molecule has 198 valence electrons. The number of nitrogens with one attached hydrogen (secondary N) is 3. The molecule has 4 N–H and O–H groups in total. The van der Waals surface area contributed by atoms with Gasteiger partial charge in [0.05, 0.1) is 13.5 Å². The van der Waals surface area contributed by atoms with Crippen molar-refractivity contribution in [3.8, 4) is 5.75 Å². The highest BCUT2D eigenvalue weighted by molar-refractivity contribution is 6.30. The molecule has 0 unspecified atom stereocenters. The zero-order valence-electron chi connectivity index (χ0n) is 21.3. The average molecular weight is 529 g/mol. The number of aromatic amines is 1. The number of halogens is 1. The Labute approximate surface area is 221 Å². The maximum atomic E-state index is 13.1. The van der Waals surface area contributed by atoms with Gasteiger partial charge in [0.1, 0.15) is 11.8 Å². The van der Waals surface area contributed by atoms with Gasteiger partial charge >= 0.3 is 0 Å². The van der Waals surface area contributed by atoms with Crippen molar-refractivity contribution in [3.05, 3.63) is 58.7 Å². The molecule has 0 aliphatic rings. The minimum Gasteiger partial charge on any atom is -0.497 e. The number of fused-ring (bicyclic) bond motifs is 1. The highest BCUT2D eigenvalue weighted by Gasteiger charge is 2.22. The lowest BCUT2D eigenvalue weighted by atomic mass is 10.0. The van der Waals surface area contributed by atoms with Crippen LogP contribution in [0.3, 0.4) is 0 Å². The number of hydrogen-bond acceptors (Lipinski definition) is 5. The molecule has 0 aliphatic heterocycles. The Kier molecular flexibility index (Phi) is 9.93. The zero-order valence-corrected chi connectivity index (χ0v) is 22.0. The Morgan fingerprint density at radius 1 is 1.11 bits per heavy atom. The second kappa shape index (κ2) is 13.1. The normalized spacial score (nSPS) is 11.7. The number of anilines is 1. The van der Waals surface area contributed by atoms with Crippen LogP contribution in [-0.2, 0) is 20.8 Å². The quantitative estimate of drug-likeness (QED) is 0.155. The Bertz CT molecular complexity index is 1240. The number of benzene rings is 2. The summed E-state index contributed by atoms with van der Waals surface area (Å²) in [4.78, 5) is 41.0. The largest absolute Gasteiger partial charge is 0.497 e. The second-order valence-electron chi connectivity index (χ2n) is 8.95. The Morgan fingerprint density at radius 3 is 2.51 bits per heavy atom. The van der Waals surface area contributed by atoms with Crippen molar-refractivity contribution in [2.45, 2.75) is 51.5 Å². The third-order valence-electron chi connectivity index (χ3n) is 6.17. The first-order chi connectivity index (χ1) is 17.7. The number of carbonyl (C=O) groups excluding carboxylic acids is 3. The van der Waals surface area contributed by atoms with E-state index in [0.29, 0.717) is 47.2 Å². The van der Waals surface area contributed by atoms with E-state index in [9.17, 15) is 19.6 Å². The molecule has 2 aromatic carbocycles. The van der Waals surface area contributed by atoms with Crippen molar-refractivity contribution in [3.63, 3.8) is 0 Å². The molecular formula is C27H33ClN4O5. The molecule has 0 bridgehead atoms. The van der Waals surface area contributed by atoms with Gasteiger partial charge in [-0.1, -0.05) is 24.4 Å². The third kappa shape index (κ3) is 7.96. The van der Waals surface area contributed by atoms with Gasteiger partial charge < -0.3 is 20.4 Å². The maximum absolute atomic E-state index is 13.1. The number of hydroxylamine groups is 2. The van der Waals surface area contributed by atoms with Crippen LogP contribution < -0.4 is 15.4 Å². The summed E-state index contributed by atoms with van der Waals surface area (Å²) < 4.78 is 5.33. The number of hydrogen-bond donors (Lipinski definition) is 4. The molecule has 0 fully saturated rings. The van der Waals surface area contributed by atoms with E-state index in [1.54, 1.807) is 31.4 Å². The van der Waals surface area contributed by atoms with E-state index in [-0.39, 0.29) is 30.6 Å². The zero-order chi connectivity index (χ0) is 26.9. The molecular weight excluding hydrogens is 496 g/mol. The third-order valence-corrected chi connectivity index (χ3v) is 6.42. The number of unbranched alkanes of at least 4 members (excludes halogenated alkanes) is 2. The van der Waals surface area contributed by atoms with E-state index in [1.165, 1.54) is 7.05 Å². The van der Waals surface area contributed by atoms with E-state index in [0.717, 1.165) is 22.2 Å². The van der Waals surface area contributed by atoms with Crippen LogP contribution in [0.25, 0.3) is 10.9 Å². The minimum absolute atomic E-state index is 0.0983. The highest BCUT2D eigenvalue weighted by atomic mass is 35.5. The van der Waals surface area contributed by atoms with Gasteiger partial charge in [-0.2, -0.15) is 0 Å². The first kappa shape index (κ1) is 28.0. The summed E-state index contributed by atoms with van der Waals surface area (Å²) in [5.74, 6) is -0.283. The van der Waals surface area contributed by atoms with E-state index in [1.807, 2.05) is 25.1 Å². The molecule has 3 aromatic rings. The molecule has 0 radical (unpaired) electrons. The summed E-state index contributed by atoms with van der Waals surface area (Å²) in [7, 11) is 2.88. The van der Waals surface area contributed by atoms with Crippen LogP contribution in [-0.4, -0.2) is 53.2 Å². The monoisotopic (exact) mass is 528 g/mol. The molecule has 1 aromatic heterocycles. The molecule has 3 rings (SSSR count). The molecule has 1 atom stereocenters. The van der Waals surface area contributed by atoms with Crippen LogP contribution in [0.15, 0.2) is 42.5 Å². The van der Waals surface area contributed by atoms with E-state index >= 15 is 0 Å². The SMILES string of the molecule is COc1ccc2[nH]c(C)c(CC(=O)N[C@@H](CCCCCC(=O)N(C)O)C(=O)Nc3ccc(Cl)cc3)c2c1. The van der Waals surface area contributed by atoms with Crippen molar-refractivity contribution in [1.29, 1.82) is 0 Å². The van der Waals surface area contributed by atoms with Gasteiger partial charge in [0.25, 0.3) is 0 Å². The molecule has 37 heavy (non-hydrogen) atoms. The van der Waals surface area contributed by atoms with Crippen LogP contribution in [0.4, 0.5) is 5.69 Å². The predicted molar refractivity (Wildman–Crippen MR) is 143 cm³/mol. The summed E-state index contributed by atoms with van der Waals surface area (Å²) in [6, 6.07) is 11.6. The van der Waals surface area contributed by atoms with Crippen LogP contribution in [0, 0.1) is 6.92 Å². The molecule has 0 saturated carbocycles. The van der Waals surface area contributed by atoms with E-state index in [2.05, 4.69) is 15.6 Å². The van der Waals surface area contributed by atoms with Crippen molar-refractivity contribution in [2.24, 2.45) is 0 Å². The number of methoxy groups -OCH3 is 1. The predicted octanol–water partition coefficient (Wildman–Crippen LogP) is 4.60. The minimum atomic E-state index is -0.764. The molecule has 1 heterocycles. The van der Waals surface area contributed by atoms with Gasteiger partial charge in [-0.3, -0.25) is 19.6 Å². The fourth-order valence-electron chi connectivity index (χ4n) is 4.12. The fraction of sp³-hybridized carbons (Fsp3) is 0.370. The van der Waals surface area contributed by atoms with Gasteiger partial charge in [0, 0.05) is 40.8 Å². The average Bonchev–Trinajstić information content (AvgIpc) is 3.17. The summed E-state index contributed by atoms with van der Waals surface area (Å²) in [5, 5.41) is 16.9. The number of aromatic nitrogens is 1. The van der Waals surface area contributed by atoms with Crippen molar-refractivity contribution >= 4 is 45.9 Å². The Hall–Kier alpha value is -3.56. The van der Waals surface area contributed by atoms with Crippen molar-refractivity contribution in [2.75, 3.05) is 19.5 Å². The molecule has 9 nitrogen and oxygen atoms in total. The highest BCUT2D eigenvalue weighted by Crippen LogP contribution is 2.27. The molecule has 10 heteroatoms. The lowest BCUT2D eigenvalue weighted by Crippen LogP contribution is -2.44. The van der Waals surface area contributed by atoms with Gasteiger partial charge in [-0.15, -0.1) is 0 Å². The standard InChI is InChI=1S/C27H33ClN4O5/c1-17-21(22-15-20(37-3)13-14-23(22)29-17)16-25(33)31-24(7-5-4-6-8-26(34)32(2)36)27(35)30-19-11-9-18(28)10-12-19/h9-15,24,29,36H,4-8,16H2,1-3H3,(H,30,35)(H,31,33)/t24-/m0/s1. The van der Waals surface area contributed by atoms with E-state index in [4.69, 9.17) is 16.3 Å². The number of amides is 3. The second-order valence-corrected chi connectivity index (χ2v) is 9.39. The number of aryl methyl sites for hydroxylation is 1. The van der Waals surface area contributed by atoms with E-state index < -0.39 is 6.04 Å². The lowest BCUT2D eigenvalue weighted by molar-refractivity contribution is -0.159. The molecule has 0 spiro atoms. The lowest BCUT2D eigenvalue weighted by Gasteiger charge is -2.19. The smallest absolute Gasteiger partial charge is 0.246 e. The number of carbonyl (C=O) groups is 3. The Balaban J connectivity index is 1.68. The van der Waals surface area contributed by atoms with Crippen LogP contribution >= 0.6 is 11.6 Å². The molecule has 0 saturated heterocycles. The van der Waals surface area contributed by atoms with Crippen LogP contribution in [0.2, 0.25) is 5.02 Å². The first-order valence-corrected chi connectivity index (χ1v) is 12.5. The Morgan fingerprint density at radius 2 is 1.84 bits per heavy atom. The number of rotatable bonds is 12. The number of nitrogens with zero attached hydrogens (tertiary/aromatic N) is 1. The summed E-state index contributed by atoms with van der Waals surface area (Å²) in [5.41, 5.74) is 3.19. The summed E-state index contributed by atoms with van der Waals surface area (Å²) >= 11 is 5.94. The molecule has 3 amide bonds. The van der Waals surface area contributed by atoms with Gasteiger partial charge in [0.2, 0.25) is 17.7 Å². The molecule has 0 aliphatic carbocycles. The van der Waals surface area contributed by atoms with Crippen molar-refractivity contribution < 1.29 is 24.3 Å². The number of ether oxygens (including phenoxy) is 1. The maximum Gasteiger partial charge on any atom is 0.246 e. The van der Waals surface area contributed by atoms with Crippen molar-refractivity contribution in [1.82, 2.24) is 15.4 Å². The fourth-order valence-corrected chi connectivity index (χ4v) is 4.24. The van der Waals surface area contributed by atoms with Gasteiger partial charge in [0.15, 0.2) is 0 Å². The van der Waals surface area contributed by atoms with Gasteiger partial charge in [-0.25, -0.2) is 5.06 Å². The van der Waals surface area contributed by atoms with Crippen LogP contribution in [0.1, 0.15) is 43.4 Å². The first-order valence-electron chi connectivity index (χ1n) is 12.1. The topological polar surface area (TPSA) is 124 Å². The number of H-pyrrole nitrogens is 1. The summed E-state index contributed by atoms with van der Waals surface area (Å²) in [6.07, 6.45) is 2.56. The van der Waals surface area contributed by atoms with Gasteiger partial charge in [-0.05, 0) is 67.8 Å². The summed E-state index contributed by atoms with van der Waals surface area (Å²) in [6.45, 7) is 1.91. The van der Waals surface area contributed by atoms with Crippen LogP contribution in [0.5, 0.6) is 5.75 Å².